The standard InChI is InChI=1S/C13H18BrNO2/c1-8-6-11(9(2)10(3)13(8)14)17-7-12(16)15(4)5/h6H,7H2,1-5H3. The predicted octanol–water partition coefficient (Wildman–Crippen LogP) is 2.84. The Morgan fingerprint density at radius 2 is 1.88 bits per heavy atom. The Labute approximate surface area is 111 Å². The summed E-state index contributed by atoms with van der Waals surface area (Å²) in [5.74, 6) is 0.737. The Hall–Kier alpha value is -1.03. The van der Waals surface area contributed by atoms with Crippen LogP contribution in [-0.4, -0.2) is 31.5 Å². The number of nitrogens with zero attached hydrogens (tertiary/aromatic N) is 1. The van der Waals surface area contributed by atoms with Crippen LogP contribution in [0.3, 0.4) is 0 Å². The van der Waals surface area contributed by atoms with E-state index in [2.05, 4.69) is 15.9 Å². The van der Waals surface area contributed by atoms with Gasteiger partial charge in [0, 0.05) is 18.6 Å². The minimum Gasteiger partial charge on any atom is -0.483 e. The smallest absolute Gasteiger partial charge is 0.259 e. The summed E-state index contributed by atoms with van der Waals surface area (Å²) in [7, 11) is 3.44. The molecule has 0 aliphatic carbocycles. The molecule has 0 radical (unpaired) electrons. The van der Waals surface area contributed by atoms with Gasteiger partial charge in [0.25, 0.3) is 5.91 Å². The van der Waals surface area contributed by atoms with E-state index < -0.39 is 0 Å². The maximum absolute atomic E-state index is 11.5. The van der Waals surface area contributed by atoms with Gasteiger partial charge in [-0.25, -0.2) is 0 Å². The Bertz CT molecular complexity index is 442. The molecule has 0 heterocycles. The van der Waals surface area contributed by atoms with Crippen molar-refractivity contribution in [3.8, 4) is 5.75 Å². The van der Waals surface area contributed by atoms with E-state index in [1.165, 1.54) is 4.90 Å². The summed E-state index contributed by atoms with van der Waals surface area (Å²) < 4.78 is 6.66. The molecule has 0 fully saturated rings. The van der Waals surface area contributed by atoms with Crippen LogP contribution in [-0.2, 0) is 4.79 Å². The van der Waals surface area contributed by atoms with Crippen LogP contribution in [0, 0.1) is 20.8 Å². The van der Waals surface area contributed by atoms with Crippen molar-refractivity contribution in [3.05, 3.63) is 27.2 Å². The molecule has 0 unspecified atom stereocenters. The molecule has 0 bridgehead atoms. The number of halogens is 1. The molecule has 0 saturated heterocycles. The Kier molecular flexibility index (Phi) is 4.57. The molecule has 0 aliphatic heterocycles. The highest BCUT2D eigenvalue weighted by atomic mass is 79.9. The number of carbonyl (C=O) groups excluding carboxylic acids is 1. The minimum absolute atomic E-state index is 0.0392. The molecule has 17 heavy (non-hydrogen) atoms. The molecular weight excluding hydrogens is 282 g/mol. The third-order valence-electron chi connectivity index (χ3n) is 2.81. The van der Waals surface area contributed by atoms with E-state index in [1.807, 2.05) is 26.8 Å². The maximum Gasteiger partial charge on any atom is 0.259 e. The maximum atomic E-state index is 11.5. The van der Waals surface area contributed by atoms with Crippen LogP contribution < -0.4 is 4.74 Å². The molecule has 0 N–H and O–H groups in total. The van der Waals surface area contributed by atoms with E-state index in [9.17, 15) is 4.79 Å². The lowest BCUT2D eigenvalue weighted by atomic mass is 10.1. The number of hydrogen-bond donors (Lipinski definition) is 0. The Morgan fingerprint density at radius 3 is 2.41 bits per heavy atom. The summed E-state index contributed by atoms with van der Waals surface area (Å²) in [6, 6.07) is 1.95. The lowest BCUT2D eigenvalue weighted by Crippen LogP contribution is -2.27. The highest BCUT2D eigenvalue weighted by Gasteiger charge is 2.11. The molecule has 1 rings (SSSR count). The summed E-state index contributed by atoms with van der Waals surface area (Å²) in [6.07, 6.45) is 0. The number of hydrogen-bond acceptors (Lipinski definition) is 2. The zero-order chi connectivity index (χ0) is 13.2. The highest BCUT2D eigenvalue weighted by molar-refractivity contribution is 9.10. The summed E-state index contributed by atoms with van der Waals surface area (Å²) >= 11 is 3.54. The highest BCUT2D eigenvalue weighted by Crippen LogP contribution is 2.31. The Balaban J connectivity index is 2.89. The molecule has 1 aromatic carbocycles. The van der Waals surface area contributed by atoms with Gasteiger partial charge in [-0.2, -0.15) is 0 Å². The van der Waals surface area contributed by atoms with Gasteiger partial charge in [-0.1, -0.05) is 15.9 Å². The molecular formula is C13H18BrNO2. The van der Waals surface area contributed by atoms with E-state index in [1.54, 1.807) is 14.1 Å². The Morgan fingerprint density at radius 1 is 1.29 bits per heavy atom. The number of amides is 1. The lowest BCUT2D eigenvalue weighted by molar-refractivity contribution is -0.130. The number of carbonyl (C=O) groups is 1. The van der Waals surface area contributed by atoms with Crippen molar-refractivity contribution in [2.24, 2.45) is 0 Å². The molecule has 1 aromatic rings. The monoisotopic (exact) mass is 299 g/mol. The van der Waals surface area contributed by atoms with Gasteiger partial charge in [-0.05, 0) is 43.5 Å². The van der Waals surface area contributed by atoms with Crippen molar-refractivity contribution in [3.63, 3.8) is 0 Å². The second-order valence-corrected chi connectivity index (χ2v) is 5.13. The van der Waals surface area contributed by atoms with Crippen molar-refractivity contribution in [1.29, 1.82) is 0 Å². The van der Waals surface area contributed by atoms with Gasteiger partial charge in [-0.3, -0.25) is 4.79 Å². The first-order valence-electron chi connectivity index (χ1n) is 5.43. The van der Waals surface area contributed by atoms with E-state index in [-0.39, 0.29) is 12.5 Å². The fraction of sp³-hybridized carbons (Fsp3) is 0.462. The first-order valence-corrected chi connectivity index (χ1v) is 6.23. The van der Waals surface area contributed by atoms with Crippen molar-refractivity contribution in [1.82, 2.24) is 4.90 Å². The quantitative estimate of drug-likeness (QED) is 0.859. The van der Waals surface area contributed by atoms with Crippen molar-refractivity contribution < 1.29 is 9.53 Å². The fourth-order valence-electron chi connectivity index (χ4n) is 1.43. The normalized spacial score (nSPS) is 10.2. The van der Waals surface area contributed by atoms with Crippen LogP contribution in [0.1, 0.15) is 16.7 Å². The van der Waals surface area contributed by atoms with Crippen molar-refractivity contribution >= 4 is 21.8 Å². The zero-order valence-electron chi connectivity index (χ0n) is 10.9. The van der Waals surface area contributed by atoms with E-state index in [0.717, 1.165) is 26.9 Å². The van der Waals surface area contributed by atoms with Crippen LogP contribution in [0.15, 0.2) is 10.5 Å². The second-order valence-electron chi connectivity index (χ2n) is 4.33. The van der Waals surface area contributed by atoms with E-state index in [0.29, 0.717) is 0 Å². The third-order valence-corrected chi connectivity index (χ3v) is 4.03. The summed E-state index contributed by atoms with van der Waals surface area (Å²) in [4.78, 5) is 13.0. The summed E-state index contributed by atoms with van der Waals surface area (Å²) in [5.41, 5.74) is 3.33. The molecule has 0 aliphatic rings. The third kappa shape index (κ3) is 3.22. The van der Waals surface area contributed by atoms with E-state index >= 15 is 0 Å². The van der Waals surface area contributed by atoms with Crippen molar-refractivity contribution in [2.45, 2.75) is 20.8 Å². The van der Waals surface area contributed by atoms with Gasteiger partial charge in [-0.15, -0.1) is 0 Å². The van der Waals surface area contributed by atoms with E-state index in [4.69, 9.17) is 4.74 Å². The van der Waals surface area contributed by atoms with Gasteiger partial charge in [0.2, 0.25) is 0 Å². The lowest BCUT2D eigenvalue weighted by Gasteiger charge is -2.15. The zero-order valence-corrected chi connectivity index (χ0v) is 12.5. The van der Waals surface area contributed by atoms with Crippen LogP contribution >= 0.6 is 15.9 Å². The first-order chi connectivity index (χ1) is 7.84. The predicted molar refractivity (Wildman–Crippen MR) is 72.5 cm³/mol. The number of aryl methyl sites for hydroxylation is 1. The topological polar surface area (TPSA) is 29.5 Å². The van der Waals surface area contributed by atoms with Gasteiger partial charge in [0.05, 0.1) is 0 Å². The van der Waals surface area contributed by atoms with Crippen LogP contribution in [0.5, 0.6) is 5.75 Å². The number of likely N-dealkylation sites (N-methyl/N-ethyl adjacent to an activating group) is 1. The van der Waals surface area contributed by atoms with Gasteiger partial charge in [0.15, 0.2) is 6.61 Å². The number of benzene rings is 1. The number of ether oxygens (including phenoxy) is 1. The second kappa shape index (κ2) is 5.54. The molecule has 1 amide bonds. The summed E-state index contributed by atoms with van der Waals surface area (Å²) in [5, 5.41) is 0. The van der Waals surface area contributed by atoms with Crippen molar-refractivity contribution in [2.75, 3.05) is 20.7 Å². The average Bonchev–Trinajstić information content (AvgIpc) is 2.28. The van der Waals surface area contributed by atoms with Crippen LogP contribution in [0.4, 0.5) is 0 Å². The molecule has 4 heteroatoms. The first kappa shape index (κ1) is 14.0. The molecule has 3 nitrogen and oxygen atoms in total. The van der Waals surface area contributed by atoms with Crippen LogP contribution in [0.2, 0.25) is 0 Å². The average molecular weight is 300 g/mol. The number of rotatable bonds is 3. The minimum atomic E-state index is -0.0392. The van der Waals surface area contributed by atoms with Gasteiger partial charge in [0.1, 0.15) is 5.75 Å². The van der Waals surface area contributed by atoms with Gasteiger partial charge < -0.3 is 9.64 Å². The molecule has 0 spiro atoms. The van der Waals surface area contributed by atoms with Gasteiger partial charge >= 0.3 is 0 Å². The molecule has 0 atom stereocenters. The summed E-state index contributed by atoms with van der Waals surface area (Å²) in [6.45, 7) is 6.12. The fourth-order valence-corrected chi connectivity index (χ4v) is 1.84. The molecule has 94 valence electrons. The van der Waals surface area contributed by atoms with Crippen LogP contribution in [0.25, 0.3) is 0 Å². The molecule has 0 aromatic heterocycles. The molecule has 0 saturated carbocycles. The largest absolute Gasteiger partial charge is 0.483 e. The SMILES string of the molecule is Cc1cc(OCC(=O)N(C)C)c(C)c(C)c1Br.